The first kappa shape index (κ1) is 16.4. The van der Waals surface area contributed by atoms with Gasteiger partial charge in [-0.15, -0.1) is 0 Å². The second-order valence-corrected chi connectivity index (χ2v) is 6.55. The second-order valence-electron chi connectivity index (χ2n) is 6.55. The number of benzene rings is 1. The molecule has 1 aliphatic rings. The van der Waals surface area contributed by atoms with E-state index < -0.39 is 0 Å². The molecule has 2 aromatic heterocycles. The molecule has 1 aliphatic heterocycles. The number of hydrogen-bond donors (Lipinski definition) is 1. The average molecular weight is 347 g/mol. The summed E-state index contributed by atoms with van der Waals surface area (Å²) < 4.78 is 7.95. The van der Waals surface area contributed by atoms with E-state index in [0.717, 1.165) is 33.9 Å². The van der Waals surface area contributed by atoms with E-state index in [1.807, 2.05) is 30.5 Å². The van der Waals surface area contributed by atoms with Crippen LogP contribution in [-0.4, -0.2) is 21.9 Å². The molecule has 0 aliphatic carbocycles. The standard InChI is InChI=1S/C21H21N3O2/c1-3-10-26-18-7-5-4-6-15(18)16-12-20(25)22-13-17-21(16)24-9-8-14(2)11-19(24)23-17/h3-9,11,16H,1,10,12-13H2,2H3,(H,22,25). The van der Waals surface area contributed by atoms with Crippen molar-refractivity contribution < 1.29 is 9.53 Å². The van der Waals surface area contributed by atoms with Crippen LogP contribution in [0.25, 0.3) is 5.65 Å². The van der Waals surface area contributed by atoms with Gasteiger partial charge in [-0.25, -0.2) is 4.98 Å². The summed E-state index contributed by atoms with van der Waals surface area (Å²) in [6, 6.07) is 12.0. The van der Waals surface area contributed by atoms with Crippen molar-refractivity contribution in [2.45, 2.75) is 25.8 Å². The molecule has 0 bridgehead atoms. The van der Waals surface area contributed by atoms with E-state index in [9.17, 15) is 4.79 Å². The van der Waals surface area contributed by atoms with Crippen molar-refractivity contribution in [2.75, 3.05) is 6.61 Å². The summed E-state index contributed by atoms with van der Waals surface area (Å²) in [6.07, 6.45) is 4.12. The second kappa shape index (κ2) is 6.67. The van der Waals surface area contributed by atoms with Crippen LogP contribution in [0.15, 0.2) is 55.3 Å². The first-order valence-electron chi connectivity index (χ1n) is 8.74. The number of nitrogens with zero attached hydrogens (tertiary/aromatic N) is 2. The largest absolute Gasteiger partial charge is 0.489 e. The molecule has 3 aromatic rings. The number of nitrogens with one attached hydrogen (secondary N) is 1. The molecule has 1 amide bonds. The predicted molar refractivity (Wildman–Crippen MR) is 100 cm³/mol. The van der Waals surface area contributed by atoms with Gasteiger partial charge in [0, 0.05) is 24.1 Å². The van der Waals surface area contributed by atoms with E-state index in [-0.39, 0.29) is 11.8 Å². The zero-order valence-electron chi connectivity index (χ0n) is 14.7. The van der Waals surface area contributed by atoms with Crippen LogP contribution in [0.3, 0.4) is 0 Å². The van der Waals surface area contributed by atoms with Gasteiger partial charge in [0.1, 0.15) is 18.0 Å². The van der Waals surface area contributed by atoms with Gasteiger partial charge >= 0.3 is 0 Å². The van der Waals surface area contributed by atoms with Crippen molar-refractivity contribution in [3.63, 3.8) is 0 Å². The van der Waals surface area contributed by atoms with Gasteiger partial charge in [-0.05, 0) is 30.7 Å². The third-order valence-electron chi connectivity index (χ3n) is 4.72. The molecule has 1 N–H and O–H groups in total. The lowest BCUT2D eigenvalue weighted by Gasteiger charge is -2.19. The smallest absolute Gasteiger partial charge is 0.221 e. The molecule has 5 nitrogen and oxygen atoms in total. The van der Waals surface area contributed by atoms with E-state index in [4.69, 9.17) is 9.72 Å². The Kier molecular flexibility index (Phi) is 4.21. The Hall–Kier alpha value is -3.08. The minimum absolute atomic E-state index is 0.0207. The summed E-state index contributed by atoms with van der Waals surface area (Å²) in [7, 11) is 0. The van der Waals surface area contributed by atoms with Gasteiger partial charge in [-0.2, -0.15) is 0 Å². The van der Waals surface area contributed by atoms with Gasteiger partial charge in [-0.3, -0.25) is 4.79 Å². The molecule has 4 rings (SSSR count). The van der Waals surface area contributed by atoms with E-state index in [1.165, 1.54) is 0 Å². The lowest BCUT2D eigenvalue weighted by molar-refractivity contribution is -0.121. The fraction of sp³-hybridized carbons (Fsp3) is 0.238. The molecular formula is C21H21N3O2. The molecule has 0 radical (unpaired) electrons. The van der Waals surface area contributed by atoms with Crippen LogP contribution < -0.4 is 10.1 Å². The maximum atomic E-state index is 12.3. The highest BCUT2D eigenvalue weighted by Gasteiger charge is 2.30. The monoisotopic (exact) mass is 347 g/mol. The van der Waals surface area contributed by atoms with Crippen molar-refractivity contribution in [1.82, 2.24) is 14.7 Å². The number of pyridine rings is 1. The summed E-state index contributed by atoms with van der Waals surface area (Å²) in [6.45, 7) is 6.64. The Bertz CT molecular complexity index is 990. The van der Waals surface area contributed by atoms with Crippen LogP contribution in [-0.2, 0) is 11.3 Å². The molecule has 0 saturated carbocycles. The van der Waals surface area contributed by atoms with E-state index in [0.29, 0.717) is 19.6 Å². The first-order chi connectivity index (χ1) is 12.7. The van der Waals surface area contributed by atoms with E-state index in [2.05, 4.69) is 35.4 Å². The molecule has 0 spiro atoms. The van der Waals surface area contributed by atoms with Gasteiger partial charge in [0.15, 0.2) is 0 Å². The lowest BCUT2D eigenvalue weighted by atomic mass is 9.91. The zero-order valence-corrected chi connectivity index (χ0v) is 14.7. The number of amides is 1. The number of aryl methyl sites for hydroxylation is 1. The van der Waals surface area contributed by atoms with Crippen LogP contribution in [0.2, 0.25) is 0 Å². The topological polar surface area (TPSA) is 55.6 Å². The van der Waals surface area contributed by atoms with Gasteiger partial charge in [0.2, 0.25) is 5.91 Å². The number of imidazole rings is 1. The number of carbonyl (C=O) groups is 1. The Labute approximate surface area is 152 Å². The number of para-hydroxylation sites is 1. The van der Waals surface area contributed by atoms with Crippen molar-refractivity contribution in [3.05, 3.63) is 77.8 Å². The molecular weight excluding hydrogens is 326 g/mol. The number of fused-ring (bicyclic) bond motifs is 3. The number of ether oxygens (including phenoxy) is 1. The molecule has 0 saturated heterocycles. The number of rotatable bonds is 4. The number of hydrogen-bond acceptors (Lipinski definition) is 3. The quantitative estimate of drug-likeness (QED) is 0.736. The summed E-state index contributed by atoms with van der Waals surface area (Å²) >= 11 is 0. The Morgan fingerprint density at radius 1 is 1.38 bits per heavy atom. The van der Waals surface area contributed by atoms with Gasteiger partial charge in [0.25, 0.3) is 0 Å². The summed E-state index contributed by atoms with van der Waals surface area (Å²) in [5, 5.41) is 2.97. The van der Waals surface area contributed by atoms with E-state index in [1.54, 1.807) is 6.08 Å². The van der Waals surface area contributed by atoms with Crippen molar-refractivity contribution in [3.8, 4) is 5.75 Å². The molecule has 1 atom stereocenters. The summed E-state index contributed by atoms with van der Waals surface area (Å²) in [5.41, 5.74) is 5.02. The third kappa shape index (κ3) is 2.86. The minimum atomic E-state index is -0.119. The van der Waals surface area contributed by atoms with Gasteiger partial charge < -0.3 is 14.5 Å². The SMILES string of the molecule is C=CCOc1ccccc1C1CC(=O)NCc2nc3cc(C)ccn3c21. The van der Waals surface area contributed by atoms with Crippen molar-refractivity contribution in [2.24, 2.45) is 0 Å². The van der Waals surface area contributed by atoms with Crippen LogP contribution >= 0.6 is 0 Å². The number of carbonyl (C=O) groups excluding carboxylic acids is 1. The third-order valence-corrected chi connectivity index (χ3v) is 4.72. The molecule has 26 heavy (non-hydrogen) atoms. The van der Waals surface area contributed by atoms with Crippen LogP contribution in [0.1, 0.15) is 34.9 Å². The fourth-order valence-corrected chi connectivity index (χ4v) is 3.56. The zero-order chi connectivity index (χ0) is 18.1. The molecule has 0 fully saturated rings. The average Bonchev–Trinajstić information content (AvgIpc) is 2.91. The van der Waals surface area contributed by atoms with Crippen molar-refractivity contribution >= 4 is 11.6 Å². The van der Waals surface area contributed by atoms with Crippen LogP contribution in [0.4, 0.5) is 0 Å². The van der Waals surface area contributed by atoms with Crippen LogP contribution in [0, 0.1) is 6.92 Å². The molecule has 132 valence electrons. The van der Waals surface area contributed by atoms with Gasteiger partial charge in [0.05, 0.1) is 17.9 Å². The van der Waals surface area contributed by atoms with Gasteiger partial charge in [-0.1, -0.05) is 30.9 Å². The summed E-state index contributed by atoms with van der Waals surface area (Å²) in [5.74, 6) is 0.679. The first-order valence-corrected chi connectivity index (χ1v) is 8.74. The molecule has 1 aromatic carbocycles. The Morgan fingerprint density at radius 2 is 2.23 bits per heavy atom. The molecule has 3 heterocycles. The van der Waals surface area contributed by atoms with Crippen LogP contribution in [0.5, 0.6) is 5.75 Å². The Morgan fingerprint density at radius 3 is 3.08 bits per heavy atom. The number of aromatic nitrogens is 2. The molecule has 1 unspecified atom stereocenters. The van der Waals surface area contributed by atoms with Crippen molar-refractivity contribution in [1.29, 1.82) is 0 Å². The minimum Gasteiger partial charge on any atom is -0.489 e. The highest BCUT2D eigenvalue weighted by atomic mass is 16.5. The maximum absolute atomic E-state index is 12.3. The fourth-order valence-electron chi connectivity index (χ4n) is 3.56. The van der Waals surface area contributed by atoms with E-state index >= 15 is 0 Å². The maximum Gasteiger partial charge on any atom is 0.221 e. The highest BCUT2D eigenvalue weighted by Crippen LogP contribution is 2.37. The lowest BCUT2D eigenvalue weighted by Crippen LogP contribution is -2.21. The predicted octanol–water partition coefficient (Wildman–Crippen LogP) is 3.36. The molecule has 5 heteroatoms. The Balaban J connectivity index is 1.90. The summed E-state index contributed by atoms with van der Waals surface area (Å²) in [4.78, 5) is 17.1. The highest BCUT2D eigenvalue weighted by molar-refractivity contribution is 5.78. The normalized spacial score (nSPS) is 16.7.